The van der Waals surface area contributed by atoms with Crippen LogP contribution in [0.4, 0.5) is 61.5 Å². The first-order chi connectivity index (χ1) is 13.3. The highest BCUT2D eigenvalue weighted by atomic mass is 127. The fourth-order valence-corrected chi connectivity index (χ4v) is 2.18. The van der Waals surface area contributed by atoms with Crippen molar-refractivity contribution in [1.82, 2.24) is 0 Å². The summed E-state index contributed by atoms with van der Waals surface area (Å²) in [4.78, 5) is 0. The molecule has 0 aromatic heterocycles. The van der Waals surface area contributed by atoms with E-state index in [0.717, 1.165) is 34.7 Å². The van der Waals surface area contributed by atoms with Crippen LogP contribution >= 0.6 is 22.6 Å². The summed E-state index contributed by atoms with van der Waals surface area (Å²) in [5.41, 5.74) is -7.34. The molecule has 0 amide bonds. The highest BCUT2D eigenvalue weighted by molar-refractivity contribution is 14.1. The van der Waals surface area contributed by atoms with E-state index >= 15 is 0 Å². The van der Waals surface area contributed by atoms with E-state index in [0.29, 0.717) is 6.07 Å². The molecule has 1 N–H and O–H groups in total. The molecular weight excluding hydrogens is 617 g/mol. The quantitative estimate of drug-likeness (QED) is 0.187. The first-order valence-electron chi connectivity index (χ1n) is 6.63. The lowest BCUT2D eigenvalue weighted by Gasteiger charge is -2.37. The van der Waals surface area contributed by atoms with Crippen LogP contribution in [0.15, 0.2) is 24.3 Å². The van der Waals surface area contributed by atoms with E-state index in [9.17, 15) is 61.5 Å². The topological polar surface area (TPSA) is 54.4 Å². The molecule has 0 saturated heterocycles. The molecule has 1 rings (SSSR count). The number of halogens is 15. The Kier molecular flexibility index (Phi) is 8.36. The molecule has 3 nitrogen and oxygen atoms in total. The van der Waals surface area contributed by atoms with Gasteiger partial charge in [0.15, 0.2) is 0 Å². The van der Waals surface area contributed by atoms with E-state index in [1.807, 2.05) is 0 Å². The fourth-order valence-electron chi connectivity index (χ4n) is 1.46. The van der Waals surface area contributed by atoms with Gasteiger partial charge in [0.25, 0.3) is 0 Å². The second-order valence-electron chi connectivity index (χ2n) is 5.20. The molecule has 0 bridgehead atoms. The normalized spacial score (nSPS) is 14.7. The smallest absolute Gasteiger partial charge is 0.279 e. The maximum atomic E-state index is 13.7. The third-order valence-electron chi connectivity index (χ3n) is 3.04. The first-order valence-corrected chi connectivity index (χ1v) is 9.15. The lowest BCUT2D eigenvalue weighted by molar-refractivity contribution is -0.424. The molecule has 0 fully saturated rings. The molecule has 0 spiro atoms. The van der Waals surface area contributed by atoms with Crippen LogP contribution in [-0.2, 0) is 16.0 Å². The second kappa shape index (κ2) is 8.67. The van der Waals surface area contributed by atoms with Crippen LogP contribution in [0.2, 0.25) is 0 Å². The lowest BCUT2D eigenvalue weighted by atomic mass is 9.93. The van der Waals surface area contributed by atoms with Gasteiger partial charge in [0.2, 0.25) is 0 Å². The van der Waals surface area contributed by atoms with Crippen LogP contribution in [0, 0.1) is 3.57 Å². The van der Waals surface area contributed by atoms with Crippen LogP contribution in [0.5, 0.6) is 0 Å². The maximum absolute atomic E-state index is 13.7. The first kappa shape index (κ1) is 29.9. The van der Waals surface area contributed by atoms with Crippen LogP contribution in [0.1, 0.15) is 5.56 Å². The lowest BCUT2D eigenvalue weighted by Crippen LogP contribution is -2.65. The number of hydrogen-bond acceptors (Lipinski definition) is 2. The van der Waals surface area contributed by atoms with Crippen molar-refractivity contribution in [1.29, 1.82) is 0 Å². The highest BCUT2D eigenvalue weighted by Gasteiger charge is 2.87. The molecule has 0 aliphatic carbocycles. The van der Waals surface area contributed by atoms with Gasteiger partial charge in [-0.3, -0.25) is 4.55 Å². The molecule has 0 saturated carbocycles. The minimum Gasteiger partial charge on any atom is -0.279 e. The summed E-state index contributed by atoms with van der Waals surface area (Å²) in [6.45, 7) is 0. The Morgan fingerprint density at radius 1 is 0.677 bits per heavy atom. The molecular formula is C12H5F14IO3S. The Hall–Kier alpha value is -1.12. The van der Waals surface area contributed by atoms with E-state index in [4.69, 9.17) is 13.0 Å². The van der Waals surface area contributed by atoms with Gasteiger partial charge < -0.3 is 0 Å². The number of benzene rings is 1. The molecule has 0 atom stereocenters. The summed E-state index contributed by atoms with van der Waals surface area (Å²) >= 11 is 1.02. The Morgan fingerprint density at radius 3 is 1.32 bits per heavy atom. The van der Waals surface area contributed by atoms with E-state index in [2.05, 4.69) is 0 Å². The van der Waals surface area contributed by atoms with Gasteiger partial charge in [0, 0.05) is 9.13 Å². The predicted molar refractivity (Wildman–Crippen MR) is 81.6 cm³/mol. The molecule has 182 valence electrons. The summed E-state index contributed by atoms with van der Waals surface area (Å²) in [5, 5.41) is 0. The van der Waals surface area contributed by atoms with Crippen LogP contribution in [0.25, 0.3) is 0 Å². The molecule has 31 heavy (non-hydrogen) atoms. The second-order valence-corrected chi connectivity index (χ2v) is 7.77. The highest BCUT2D eigenvalue weighted by Crippen LogP contribution is 2.60. The van der Waals surface area contributed by atoms with Crippen molar-refractivity contribution < 1.29 is 74.4 Å². The van der Waals surface area contributed by atoms with Gasteiger partial charge in [-0.15, -0.1) is 0 Å². The SMILES string of the molecule is FC(F)(F)C(F)(F)C(F)(F)C(F)(F)C(F)(F)c1ccccc1I.O=S(=O)(O)C(F)(F)F. The molecule has 0 radical (unpaired) electrons. The van der Waals surface area contributed by atoms with Crippen molar-refractivity contribution >= 4 is 32.7 Å². The zero-order chi connectivity index (χ0) is 25.5. The zero-order valence-corrected chi connectivity index (χ0v) is 16.6. The summed E-state index contributed by atoms with van der Waals surface area (Å²) in [6.07, 6.45) is -7.15. The molecule has 0 heterocycles. The van der Waals surface area contributed by atoms with Crippen molar-refractivity contribution in [3.05, 3.63) is 33.4 Å². The van der Waals surface area contributed by atoms with Crippen molar-refractivity contribution in [3.8, 4) is 0 Å². The predicted octanol–water partition coefficient (Wildman–Crippen LogP) is 6.25. The van der Waals surface area contributed by atoms with Crippen LogP contribution < -0.4 is 0 Å². The Balaban J connectivity index is 0.000000954. The minimum absolute atomic E-state index is 0.220. The minimum atomic E-state index is -7.39. The van der Waals surface area contributed by atoms with E-state index < -0.39 is 54.6 Å². The Bertz CT molecular complexity index is 875. The van der Waals surface area contributed by atoms with E-state index in [-0.39, 0.29) is 6.07 Å². The van der Waals surface area contributed by atoms with Crippen molar-refractivity contribution in [3.63, 3.8) is 0 Å². The fraction of sp³-hybridized carbons (Fsp3) is 0.500. The molecule has 0 unspecified atom stereocenters. The van der Waals surface area contributed by atoms with E-state index in [1.54, 1.807) is 0 Å². The molecule has 1 aromatic carbocycles. The van der Waals surface area contributed by atoms with Crippen molar-refractivity contribution in [2.24, 2.45) is 0 Å². The number of rotatable bonds is 4. The standard InChI is InChI=1S/C11H4F11I.CHF3O3S/c12-7(13,5-3-1-2-4-6(5)23)8(14,15)9(16,17)10(18,19)11(20,21)22;2-1(3,4)8(5,6)7/h1-4H;(H,5,6,7). The van der Waals surface area contributed by atoms with Gasteiger partial charge >= 0.3 is 45.5 Å². The van der Waals surface area contributed by atoms with Gasteiger partial charge in [-0.2, -0.15) is 69.9 Å². The Morgan fingerprint density at radius 2 is 1.03 bits per heavy atom. The van der Waals surface area contributed by atoms with Crippen LogP contribution in [-0.4, -0.2) is 42.4 Å². The third-order valence-corrected chi connectivity index (χ3v) is 4.57. The van der Waals surface area contributed by atoms with Crippen LogP contribution in [0.3, 0.4) is 0 Å². The average Bonchev–Trinajstić information content (AvgIpc) is 2.52. The summed E-state index contributed by atoms with van der Waals surface area (Å²) in [6, 6.07) is 2.74. The molecule has 0 aliphatic heterocycles. The summed E-state index contributed by atoms with van der Waals surface area (Å²) in [7, 11) is -5.84. The zero-order valence-electron chi connectivity index (χ0n) is 13.7. The molecule has 1 aromatic rings. The van der Waals surface area contributed by atoms with E-state index in [1.165, 1.54) is 0 Å². The van der Waals surface area contributed by atoms with Gasteiger partial charge in [-0.05, 0) is 28.7 Å². The van der Waals surface area contributed by atoms with Gasteiger partial charge in [-0.25, -0.2) is 0 Å². The van der Waals surface area contributed by atoms with Gasteiger partial charge in [0.05, 0.1) is 0 Å². The summed E-state index contributed by atoms with van der Waals surface area (Å²) in [5.74, 6) is -27.8. The van der Waals surface area contributed by atoms with Crippen molar-refractivity contribution in [2.75, 3.05) is 0 Å². The number of hydrogen-bond donors (Lipinski definition) is 1. The maximum Gasteiger partial charge on any atom is 0.522 e. The number of alkyl halides is 14. The monoisotopic (exact) mass is 622 g/mol. The largest absolute Gasteiger partial charge is 0.522 e. The molecule has 19 heteroatoms. The average molecular weight is 622 g/mol. The Labute approximate surface area is 176 Å². The van der Waals surface area contributed by atoms with Gasteiger partial charge in [-0.1, -0.05) is 18.2 Å². The molecule has 0 aliphatic rings. The van der Waals surface area contributed by atoms with Crippen molar-refractivity contribution in [2.45, 2.75) is 35.4 Å². The third kappa shape index (κ3) is 5.63. The summed E-state index contributed by atoms with van der Waals surface area (Å²) < 4.78 is 198. The van der Waals surface area contributed by atoms with Gasteiger partial charge in [0.1, 0.15) is 0 Å².